The van der Waals surface area contributed by atoms with Crippen molar-refractivity contribution >= 4 is 5.95 Å². The van der Waals surface area contributed by atoms with Gasteiger partial charge in [0, 0.05) is 22.8 Å². The first kappa shape index (κ1) is 13.3. The van der Waals surface area contributed by atoms with Gasteiger partial charge in [0.25, 0.3) is 0 Å². The fourth-order valence-electron chi connectivity index (χ4n) is 2.26. The molecule has 0 amide bonds. The Kier molecular flexibility index (Phi) is 3.32. The van der Waals surface area contributed by atoms with E-state index in [1.807, 2.05) is 13.0 Å². The van der Waals surface area contributed by atoms with Crippen LogP contribution in [-0.2, 0) is 0 Å². The zero-order valence-electron chi connectivity index (χ0n) is 11.9. The topological polar surface area (TPSA) is 58.0 Å². The Morgan fingerprint density at radius 1 is 1.39 bits per heavy atom. The first-order valence-electron chi connectivity index (χ1n) is 6.61. The smallest absolute Gasteiger partial charge is 0.223 e. The summed E-state index contributed by atoms with van der Waals surface area (Å²) >= 11 is 0. The molecule has 2 atom stereocenters. The number of anilines is 1. The Bertz CT molecular complexity index is 443. The van der Waals surface area contributed by atoms with E-state index in [-0.39, 0.29) is 17.6 Å². The summed E-state index contributed by atoms with van der Waals surface area (Å²) in [6.07, 6.45) is 0.533. The quantitative estimate of drug-likeness (QED) is 0.864. The van der Waals surface area contributed by atoms with E-state index in [9.17, 15) is 5.11 Å². The summed E-state index contributed by atoms with van der Waals surface area (Å²) in [6.45, 7) is 10.4. The van der Waals surface area contributed by atoms with Gasteiger partial charge in [-0.25, -0.2) is 9.97 Å². The van der Waals surface area contributed by atoms with Crippen molar-refractivity contribution in [3.63, 3.8) is 0 Å². The molecule has 2 unspecified atom stereocenters. The molecule has 1 aliphatic rings. The van der Waals surface area contributed by atoms with Gasteiger partial charge in [-0.15, -0.1) is 0 Å². The van der Waals surface area contributed by atoms with Crippen LogP contribution >= 0.6 is 0 Å². The molecule has 0 radical (unpaired) electrons. The predicted octanol–water partition coefficient (Wildman–Crippen LogP) is 2.48. The normalized spacial score (nSPS) is 25.9. The van der Waals surface area contributed by atoms with Crippen molar-refractivity contribution in [3.05, 3.63) is 17.5 Å². The van der Waals surface area contributed by atoms with Gasteiger partial charge in [-0.1, -0.05) is 27.7 Å². The molecular formula is C14H23N3O. The van der Waals surface area contributed by atoms with Gasteiger partial charge < -0.3 is 10.4 Å². The monoisotopic (exact) mass is 249 g/mol. The van der Waals surface area contributed by atoms with Crippen molar-refractivity contribution in [1.29, 1.82) is 0 Å². The second kappa shape index (κ2) is 4.50. The largest absolute Gasteiger partial charge is 0.392 e. The molecule has 2 rings (SSSR count). The van der Waals surface area contributed by atoms with E-state index < -0.39 is 0 Å². The van der Waals surface area contributed by atoms with Crippen LogP contribution in [0.25, 0.3) is 0 Å². The number of aryl methyl sites for hydroxylation is 1. The lowest BCUT2D eigenvalue weighted by molar-refractivity contribution is -0.0512. The van der Waals surface area contributed by atoms with Crippen LogP contribution in [0.3, 0.4) is 0 Å². The highest BCUT2D eigenvalue weighted by atomic mass is 16.3. The lowest BCUT2D eigenvalue weighted by Gasteiger charge is -2.49. The maximum absolute atomic E-state index is 9.74. The second-order valence-corrected chi connectivity index (χ2v) is 6.18. The molecule has 0 bridgehead atoms. The van der Waals surface area contributed by atoms with Gasteiger partial charge in [-0.05, 0) is 25.3 Å². The van der Waals surface area contributed by atoms with Gasteiger partial charge in [0.2, 0.25) is 5.95 Å². The highest BCUT2D eigenvalue weighted by Crippen LogP contribution is 2.41. The van der Waals surface area contributed by atoms with Gasteiger partial charge in [0.05, 0.1) is 6.10 Å². The molecular weight excluding hydrogens is 226 g/mol. The first-order valence-corrected chi connectivity index (χ1v) is 6.61. The molecule has 0 aromatic carbocycles. The minimum absolute atomic E-state index is 0.106. The van der Waals surface area contributed by atoms with Crippen molar-refractivity contribution in [2.45, 2.75) is 59.1 Å². The van der Waals surface area contributed by atoms with Gasteiger partial charge in [-0.2, -0.15) is 0 Å². The molecule has 0 aliphatic heterocycles. The number of aromatic nitrogens is 2. The molecule has 0 saturated heterocycles. The molecule has 1 aromatic rings. The number of hydrogen-bond donors (Lipinski definition) is 2. The summed E-state index contributed by atoms with van der Waals surface area (Å²) in [6, 6.07) is 2.27. The summed E-state index contributed by atoms with van der Waals surface area (Å²) < 4.78 is 0. The molecule has 1 aromatic heterocycles. The van der Waals surface area contributed by atoms with Crippen LogP contribution in [0.5, 0.6) is 0 Å². The number of rotatable bonds is 3. The highest BCUT2D eigenvalue weighted by Gasteiger charge is 2.47. The van der Waals surface area contributed by atoms with Crippen LogP contribution in [0.1, 0.15) is 51.4 Å². The average Bonchev–Trinajstić information content (AvgIpc) is 2.28. The minimum atomic E-state index is -0.232. The van der Waals surface area contributed by atoms with E-state index in [1.165, 1.54) is 0 Å². The number of aliphatic hydroxyl groups excluding tert-OH is 1. The Morgan fingerprint density at radius 3 is 2.56 bits per heavy atom. The van der Waals surface area contributed by atoms with Crippen molar-refractivity contribution < 1.29 is 5.11 Å². The van der Waals surface area contributed by atoms with Crippen LogP contribution < -0.4 is 5.32 Å². The summed E-state index contributed by atoms with van der Waals surface area (Å²) in [7, 11) is 0. The summed E-state index contributed by atoms with van der Waals surface area (Å²) in [5.74, 6) is 1.08. The van der Waals surface area contributed by atoms with Crippen LogP contribution in [-0.4, -0.2) is 27.2 Å². The molecule has 1 aliphatic carbocycles. The zero-order chi connectivity index (χ0) is 13.5. The zero-order valence-corrected chi connectivity index (χ0v) is 11.9. The molecule has 18 heavy (non-hydrogen) atoms. The summed E-state index contributed by atoms with van der Waals surface area (Å²) in [4.78, 5) is 8.97. The van der Waals surface area contributed by atoms with Crippen LogP contribution in [0.2, 0.25) is 0 Å². The SMILES string of the molecule is Cc1cc(C(C)C)nc(NC2CC(O)C2(C)C)n1. The average molecular weight is 249 g/mol. The van der Waals surface area contributed by atoms with Crippen LogP contribution in [0.4, 0.5) is 5.95 Å². The number of hydrogen-bond acceptors (Lipinski definition) is 4. The van der Waals surface area contributed by atoms with E-state index in [0.717, 1.165) is 17.8 Å². The lowest BCUT2D eigenvalue weighted by Crippen LogP contribution is -2.57. The molecule has 0 spiro atoms. The first-order chi connectivity index (χ1) is 8.30. The molecule has 1 fully saturated rings. The van der Waals surface area contributed by atoms with E-state index in [0.29, 0.717) is 11.9 Å². The van der Waals surface area contributed by atoms with E-state index in [1.54, 1.807) is 0 Å². The van der Waals surface area contributed by atoms with Gasteiger partial charge >= 0.3 is 0 Å². The third-order valence-corrected chi connectivity index (χ3v) is 3.98. The van der Waals surface area contributed by atoms with Gasteiger partial charge in [-0.3, -0.25) is 0 Å². The second-order valence-electron chi connectivity index (χ2n) is 6.18. The summed E-state index contributed by atoms with van der Waals surface area (Å²) in [5, 5.41) is 13.1. The maximum Gasteiger partial charge on any atom is 0.223 e. The maximum atomic E-state index is 9.74. The predicted molar refractivity (Wildman–Crippen MR) is 72.7 cm³/mol. The molecule has 4 heteroatoms. The standard InChI is InChI=1S/C14H23N3O/c1-8(2)10-6-9(3)15-13(16-10)17-11-7-12(18)14(11,4)5/h6,8,11-12,18H,7H2,1-5H3,(H,15,16,17). The lowest BCUT2D eigenvalue weighted by atomic mass is 9.65. The third kappa shape index (κ3) is 2.34. The molecule has 1 heterocycles. The van der Waals surface area contributed by atoms with Crippen molar-refractivity contribution in [2.75, 3.05) is 5.32 Å². The van der Waals surface area contributed by atoms with Crippen LogP contribution in [0.15, 0.2) is 6.07 Å². The van der Waals surface area contributed by atoms with Crippen LogP contribution in [0, 0.1) is 12.3 Å². The third-order valence-electron chi connectivity index (χ3n) is 3.98. The number of aliphatic hydroxyl groups is 1. The number of nitrogens with one attached hydrogen (secondary N) is 1. The van der Waals surface area contributed by atoms with E-state index >= 15 is 0 Å². The Balaban J connectivity index is 2.15. The summed E-state index contributed by atoms with van der Waals surface area (Å²) in [5.41, 5.74) is 1.93. The fraction of sp³-hybridized carbons (Fsp3) is 0.714. The Hall–Kier alpha value is -1.16. The highest BCUT2D eigenvalue weighted by molar-refractivity contribution is 5.33. The molecule has 1 saturated carbocycles. The fourth-order valence-corrected chi connectivity index (χ4v) is 2.26. The van der Waals surface area contributed by atoms with Crippen molar-refractivity contribution in [3.8, 4) is 0 Å². The van der Waals surface area contributed by atoms with Gasteiger partial charge in [0.1, 0.15) is 0 Å². The van der Waals surface area contributed by atoms with E-state index in [4.69, 9.17) is 0 Å². The molecule has 2 N–H and O–H groups in total. The minimum Gasteiger partial charge on any atom is -0.392 e. The van der Waals surface area contributed by atoms with Gasteiger partial charge in [0.15, 0.2) is 0 Å². The molecule has 4 nitrogen and oxygen atoms in total. The molecule has 100 valence electrons. The Morgan fingerprint density at radius 2 is 2.06 bits per heavy atom. The number of nitrogens with zero attached hydrogens (tertiary/aromatic N) is 2. The van der Waals surface area contributed by atoms with E-state index in [2.05, 4.69) is 43.0 Å². The Labute approximate surface area is 109 Å². The van der Waals surface area contributed by atoms with Crippen molar-refractivity contribution in [1.82, 2.24) is 9.97 Å². The van der Waals surface area contributed by atoms with Crippen molar-refractivity contribution in [2.24, 2.45) is 5.41 Å².